The molecule has 2 aliphatic heterocycles. The maximum Gasteiger partial charge on any atom is 0.118 e. The van der Waals surface area contributed by atoms with Gasteiger partial charge in [-0.3, -0.25) is 9.80 Å². The maximum atomic E-state index is 5.40. The minimum atomic E-state index is 0.579. The van der Waals surface area contributed by atoms with E-state index in [9.17, 15) is 0 Å². The second-order valence-electron chi connectivity index (χ2n) is 8.63. The highest BCUT2D eigenvalue weighted by Gasteiger charge is 2.44. The molecule has 0 radical (unpaired) electrons. The minimum Gasteiger partial charge on any atom is -0.497 e. The van der Waals surface area contributed by atoms with Crippen molar-refractivity contribution in [3.05, 3.63) is 88.1 Å². The van der Waals surface area contributed by atoms with E-state index in [-0.39, 0.29) is 0 Å². The SMILES string of the molecule is COc1ccc([C@H]2CN(Cc3ccccc3)[C@@H]3CCN(Cc4cccs4)C[C@H]23)cc1. The third-order valence-corrected chi connectivity index (χ3v) is 7.71. The van der Waals surface area contributed by atoms with Crippen LogP contribution in [0.15, 0.2) is 72.1 Å². The lowest BCUT2D eigenvalue weighted by Crippen LogP contribution is -2.45. The number of nitrogens with zero attached hydrogens (tertiary/aromatic N) is 2. The van der Waals surface area contributed by atoms with Gasteiger partial charge in [-0.1, -0.05) is 48.5 Å². The molecule has 0 spiro atoms. The Morgan fingerprint density at radius 3 is 2.50 bits per heavy atom. The lowest BCUT2D eigenvalue weighted by Gasteiger charge is -2.39. The first kappa shape index (κ1) is 19.8. The standard InChI is InChI=1S/C26H30N2OS/c1-29-22-11-9-21(10-12-22)24-19-28(16-20-6-3-2-4-7-20)26-13-14-27(18-25(24)26)17-23-8-5-15-30-23/h2-12,15,24-26H,13-14,16-19H2,1H3/t24-,25-,26-/m1/s1. The number of fused-ring (bicyclic) bond motifs is 1. The summed E-state index contributed by atoms with van der Waals surface area (Å²) in [5.41, 5.74) is 2.88. The van der Waals surface area contributed by atoms with Crippen LogP contribution in [0.2, 0.25) is 0 Å². The van der Waals surface area contributed by atoms with Crippen LogP contribution >= 0.6 is 11.3 Å². The van der Waals surface area contributed by atoms with Crippen molar-refractivity contribution >= 4 is 11.3 Å². The fraction of sp³-hybridized carbons (Fsp3) is 0.385. The summed E-state index contributed by atoms with van der Waals surface area (Å²) in [4.78, 5) is 6.90. The molecule has 4 heteroatoms. The summed E-state index contributed by atoms with van der Waals surface area (Å²) < 4.78 is 5.40. The summed E-state index contributed by atoms with van der Waals surface area (Å²) in [6, 6.07) is 24.9. The van der Waals surface area contributed by atoms with E-state index in [1.165, 1.54) is 35.5 Å². The number of likely N-dealkylation sites (tertiary alicyclic amines) is 2. The van der Waals surface area contributed by atoms with E-state index in [1.807, 2.05) is 11.3 Å². The number of methoxy groups -OCH3 is 1. The third kappa shape index (κ3) is 4.18. The predicted molar refractivity (Wildman–Crippen MR) is 124 cm³/mol. The highest BCUT2D eigenvalue weighted by Crippen LogP contribution is 2.42. The van der Waals surface area contributed by atoms with Crippen molar-refractivity contribution in [2.45, 2.75) is 31.5 Å². The molecule has 5 rings (SSSR count). The topological polar surface area (TPSA) is 15.7 Å². The molecule has 2 aliphatic rings. The summed E-state index contributed by atoms with van der Waals surface area (Å²) in [7, 11) is 1.74. The zero-order chi connectivity index (χ0) is 20.3. The monoisotopic (exact) mass is 418 g/mol. The average molecular weight is 419 g/mol. The Labute approximate surface area is 183 Å². The van der Waals surface area contributed by atoms with E-state index < -0.39 is 0 Å². The van der Waals surface area contributed by atoms with E-state index in [1.54, 1.807) is 7.11 Å². The molecule has 0 bridgehead atoms. The molecule has 0 unspecified atom stereocenters. The first-order valence-corrected chi connectivity index (χ1v) is 11.8. The maximum absolute atomic E-state index is 5.40. The van der Waals surface area contributed by atoms with Crippen LogP contribution in [-0.4, -0.2) is 42.6 Å². The van der Waals surface area contributed by atoms with Crippen molar-refractivity contribution in [1.29, 1.82) is 0 Å². The highest BCUT2D eigenvalue weighted by atomic mass is 32.1. The normalized spacial score (nSPS) is 24.6. The van der Waals surface area contributed by atoms with Crippen molar-refractivity contribution in [3.63, 3.8) is 0 Å². The average Bonchev–Trinajstić information content (AvgIpc) is 3.43. The molecule has 3 nitrogen and oxygen atoms in total. The second-order valence-corrected chi connectivity index (χ2v) is 9.66. The van der Waals surface area contributed by atoms with E-state index in [4.69, 9.17) is 4.74 Å². The Balaban J connectivity index is 1.38. The van der Waals surface area contributed by atoms with E-state index >= 15 is 0 Å². The van der Waals surface area contributed by atoms with Crippen LogP contribution in [0.25, 0.3) is 0 Å². The Morgan fingerprint density at radius 2 is 1.77 bits per heavy atom. The quantitative estimate of drug-likeness (QED) is 0.544. The lowest BCUT2D eigenvalue weighted by atomic mass is 9.81. The zero-order valence-corrected chi connectivity index (χ0v) is 18.4. The summed E-state index contributed by atoms with van der Waals surface area (Å²) in [5.74, 6) is 2.20. The molecule has 30 heavy (non-hydrogen) atoms. The number of piperidine rings is 1. The van der Waals surface area contributed by atoms with Crippen LogP contribution in [0.1, 0.15) is 28.3 Å². The number of hydrogen-bond acceptors (Lipinski definition) is 4. The van der Waals surface area contributed by atoms with Gasteiger partial charge in [-0.25, -0.2) is 0 Å². The van der Waals surface area contributed by atoms with Crippen molar-refractivity contribution in [2.75, 3.05) is 26.7 Å². The van der Waals surface area contributed by atoms with Crippen LogP contribution in [0, 0.1) is 5.92 Å². The van der Waals surface area contributed by atoms with Gasteiger partial charge < -0.3 is 4.74 Å². The largest absolute Gasteiger partial charge is 0.497 e. The second kappa shape index (κ2) is 8.93. The molecule has 2 saturated heterocycles. The molecule has 3 atom stereocenters. The Morgan fingerprint density at radius 1 is 0.933 bits per heavy atom. The lowest BCUT2D eigenvalue weighted by molar-refractivity contribution is 0.101. The fourth-order valence-corrected chi connectivity index (χ4v) is 6.13. The molecule has 3 aromatic rings. The van der Waals surface area contributed by atoms with Gasteiger partial charge >= 0.3 is 0 Å². The number of ether oxygens (including phenoxy) is 1. The van der Waals surface area contributed by atoms with E-state index in [2.05, 4.69) is 81.9 Å². The van der Waals surface area contributed by atoms with Gasteiger partial charge in [-0.05, 0) is 47.0 Å². The zero-order valence-electron chi connectivity index (χ0n) is 17.6. The predicted octanol–water partition coefficient (Wildman–Crippen LogP) is 5.25. The molecular weight excluding hydrogens is 388 g/mol. The smallest absolute Gasteiger partial charge is 0.118 e. The van der Waals surface area contributed by atoms with Gasteiger partial charge in [0.05, 0.1) is 7.11 Å². The first-order valence-electron chi connectivity index (χ1n) is 11.0. The van der Waals surface area contributed by atoms with Crippen LogP contribution in [0.5, 0.6) is 5.75 Å². The molecular formula is C26H30N2OS. The molecule has 0 aliphatic carbocycles. The summed E-state index contributed by atoms with van der Waals surface area (Å²) in [6.45, 7) is 5.67. The Hall–Kier alpha value is -2.14. The number of benzene rings is 2. The van der Waals surface area contributed by atoms with Gasteiger partial charge in [0.1, 0.15) is 5.75 Å². The van der Waals surface area contributed by atoms with Crippen LogP contribution < -0.4 is 4.74 Å². The summed E-state index contributed by atoms with van der Waals surface area (Å²) in [6.07, 6.45) is 1.26. The molecule has 0 amide bonds. The molecule has 156 valence electrons. The van der Waals surface area contributed by atoms with Crippen LogP contribution in [0.4, 0.5) is 0 Å². The van der Waals surface area contributed by atoms with Gasteiger partial charge in [-0.2, -0.15) is 0 Å². The van der Waals surface area contributed by atoms with Gasteiger partial charge in [-0.15, -0.1) is 11.3 Å². The number of thiophene rings is 1. The summed E-state index contributed by atoms with van der Waals surface area (Å²) >= 11 is 1.88. The molecule has 1 aromatic heterocycles. The van der Waals surface area contributed by atoms with Crippen molar-refractivity contribution < 1.29 is 4.74 Å². The third-order valence-electron chi connectivity index (χ3n) is 6.85. The van der Waals surface area contributed by atoms with Crippen molar-refractivity contribution in [3.8, 4) is 5.75 Å². The number of hydrogen-bond donors (Lipinski definition) is 0. The molecule has 2 aromatic carbocycles. The van der Waals surface area contributed by atoms with Gasteiger partial charge in [0.15, 0.2) is 0 Å². The van der Waals surface area contributed by atoms with Crippen LogP contribution in [0.3, 0.4) is 0 Å². The Bertz CT molecular complexity index is 925. The number of rotatable bonds is 6. The minimum absolute atomic E-state index is 0.579. The summed E-state index contributed by atoms with van der Waals surface area (Å²) in [5, 5.41) is 2.19. The fourth-order valence-electron chi connectivity index (χ4n) is 5.38. The molecule has 0 saturated carbocycles. The van der Waals surface area contributed by atoms with Crippen molar-refractivity contribution in [1.82, 2.24) is 9.80 Å². The molecule has 2 fully saturated rings. The molecule has 0 N–H and O–H groups in total. The van der Waals surface area contributed by atoms with Crippen LogP contribution in [-0.2, 0) is 13.1 Å². The van der Waals surface area contributed by atoms with Gasteiger partial charge in [0.25, 0.3) is 0 Å². The van der Waals surface area contributed by atoms with Crippen molar-refractivity contribution in [2.24, 2.45) is 5.92 Å². The van der Waals surface area contributed by atoms with Gasteiger partial charge in [0, 0.05) is 49.6 Å². The first-order chi connectivity index (χ1) is 14.8. The highest BCUT2D eigenvalue weighted by molar-refractivity contribution is 7.09. The van der Waals surface area contributed by atoms with E-state index in [0.717, 1.165) is 25.4 Å². The Kier molecular flexibility index (Phi) is 5.89. The van der Waals surface area contributed by atoms with Gasteiger partial charge in [0.2, 0.25) is 0 Å². The molecule has 3 heterocycles. The van der Waals surface area contributed by atoms with E-state index in [0.29, 0.717) is 17.9 Å².